The molecule has 0 bridgehead atoms. The Balaban J connectivity index is 3.14. The van der Waals surface area contributed by atoms with Crippen molar-refractivity contribution >= 4 is 5.78 Å². The van der Waals surface area contributed by atoms with Crippen molar-refractivity contribution in [3.05, 3.63) is 47.5 Å². The highest BCUT2D eigenvalue weighted by Gasteiger charge is 2.15. The fourth-order valence-corrected chi connectivity index (χ4v) is 1.37. The van der Waals surface area contributed by atoms with E-state index in [1.807, 2.05) is 18.2 Å². The number of ketones is 1. The van der Waals surface area contributed by atoms with E-state index in [1.54, 1.807) is 6.92 Å². The Morgan fingerprint density at radius 1 is 1.27 bits per heavy atom. The largest absolute Gasteiger partial charge is 0.289 e. The molecule has 1 aromatic rings. The van der Waals surface area contributed by atoms with Crippen LogP contribution in [0.5, 0.6) is 0 Å². The van der Waals surface area contributed by atoms with Gasteiger partial charge in [0, 0.05) is 5.56 Å². The molecule has 0 aromatic heterocycles. The Labute approximate surface area is 91.8 Å². The highest BCUT2D eigenvalue weighted by molar-refractivity contribution is 6.07. The zero-order valence-corrected chi connectivity index (χ0v) is 9.92. The van der Waals surface area contributed by atoms with E-state index in [0.717, 1.165) is 5.56 Å². The Hall–Kier alpha value is -1.37. The zero-order valence-electron chi connectivity index (χ0n) is 9.92. The second-order valence-electron chi connectivity index (χ2n) is 4.94. The molecule has 1 aromatic carbocycles. The SMILES string of the molecule is C=C(C)C(=O)c1cccc(C(C)(C)C)c1. The molecule has 0 saturated carbocycles. The summed E-state index contributed by atoms with van der Waals surface area (Å²) in [6, 6.07) is 7.77. The second-order valence-corrected chi connectivity index (χ2v) is 4.94. The van der Waals surface area contributed by atoms with Crippen LogP contribution >= 0.6 is 0 Å². The number of carbonyl (C=O) groups excluding carboxylic acids is 1. The third kappa shape index (κ3) is 2.79. The second kappa shape index (κ2) is 4.01. The average Bonchev–Trinajstić information content (AvgIpc) is 2.15. The summed E-state index contributed by atoms with van der Waals surface area (Å²) < 4.78 is 0. The normalized spacial score (nSPS) is 11.2. The molecule has 15 heavy (non-hydrogen) atoms. The lowest BCUT2D eigenvalue weighted by atomic mass is 9.85. The summed E-state index contributed by atoms with van der Waals surface area (Å²) in [5.41, 5.74) is 2.57. The first-order valence-electron chi connectivity index (χ1n) is 5.13. The summed E-state index contributed by atoms with van der Waals surface area (Å²) in [7, 11) is 0. The summed E-state index contributed by atoms with van der Waals surface area (Å²) in [4.78, 5) is 11.7. The molecule has 0 aliphatic carbocycles. The van der Waals surface area contributed by atoms with Gasteiger partial charge in [-0.2, -0.15) is 0 Å². The smallest absolute Gasteiger partial charge is 0.188 e. The Kier molecular flexibility index (Phi) is 3.13. The Morgan fingerprint density at radius 2 is 1.87 bits per heavy atom. The van der Waals surface area contributed by atoms with E-state index in [-0.39, 0.29) is 11.2 Å². The van der Waals surface area contributed by atoms with Gasteiger partial charge in [0.1, 0.15) is 0 Å². The molecule has 1 rings (SSSR count). The fraction of sp³-hybridized carbons (Fsp3) is 0.357. The van der Waals surface area contributed by atoms with Crippen molar-refractivity contribution in [1.82, 2.24) is 0 Å². The van der Waals surface area contributed by atoms with Gasteiger partial charge in [-0.15, -0.1) is 0 Å². The summed E-state index contributed by atoms with van der Waals surface area (Å²) >= 11 is 0. The topological polar surface area (TPSA) is 17.1 Å². The zero-order chi connectivity index (χ0) is 11.6. The number of hydrogen-bond donors (Lipinski definition) is 0. The molecule has 0 spiro atoms. The molecule has 0 aliphatic heterocycles. The van der Waals surface area contributed by atoms with Gasteiger partial charge < -0.3 is 0 Å². The average molecular weight is 202 g/mol. The maximum absolute atomic E-state index is 11.7. The molecule has 1 nitrogen and oxygen atoms in total. The molecule has 80 valence electrons. The van der Waals surface area contributed by atoms with Gasteiger partial charge in [0.15, 0.2) is 5.78 Å². The number of rotatable bonds is 2. The number of allylic oxidation sites excluding steroid dienone is 1. The summed E-state index contributed by atoms with van der Waals surface area (Å²) in [5.74, 6) is 0.0288. The molecule has 0 radical (unpaired) electrons. The first-order valence-corrected chi connectivity index (χ1v) is 5.13. The van der Waals surface area contributed by atoms with Crippen molar-refractivity contribution in [1.29, 1.82) is 0 Å². The van der Waals surface area contributed by atoms with E-state index in [2.05, 4.69) is 33.4 Å². The van der Waals surface area contributed by atoms with E-state index in [9.17, 15) is 4.79 Å². The van der Waals surface area contributed by atoms with Crippen LogP contribution in [0.15, 0.2) is 36.4 Å². The lowest BCUT2D eigenvalue weighted by Crippen LogP contribution is -2.12. The third-order valence-corrected chi connectivity index (χ3v) is 2.38. The third-order valence-electron chi connectivity index (χ3n) is 2.38. The molecule has 1 heteroatoms. The number of hydrogen-bond acceptors (Lipinski definition) is 1. The summed E-state index contributed by atoms with van der Waals surface area (Å²) in [6.07, 6.45) is 0. The molecular weight excluding hydrogens is 184 g/mol. The van der Waals surface area contributed by atoms with Gasteiger partial charge in [-0.25, -0.2) is 0 Å². The van der Waals surface area contributed by atoms with Crippen molar-refractivity contribution in [3.8, 4) is 0 Å². The molecular formula is C14H18O. The van der Waals surface area contributed by atoms with Crippen LogP contribution in [0.25, 0.3) is 0 Å². The van der Waals surface area contributed by atoms with Crippen LogP contribution < -0.4 is 0 Å². The van der Waals surface area contributed by atoms with E-state index in [4.69, 9.17) is 0 Å². The van der Waals surface area contributed by atoms with Gasteiger partial charge in [-0.3, -0.25) is 4.79 Å². The molecule has 0 fully saturated rings. The minimum absolute atomic E-state index is 0.0288. The van der Waals surface area contributed by atoms with E-state index >= 15 is 0 Å². The molecule has 0 unspecified atom stereocenters. The minimum atomic E-state index is 0.0288. The minimum Gasteiger partial charge on any atom is -0.289 e. The monoisotopic (exact) mass is 202 g/mol. The van der Waals surface area contributed by atoms with E-state index in [0.29, 0.717) is 5.57 Å². The predicted molar refractivity (Wildman–Crippen MR) is 64.3 cm³/mol. The first kappa shape index (κ1) is 11.7. The van der Waals surface area contributed by atoms with Crippen LogP contribution in [0.2, 0.25) is 0 Å². The molecule has 0 atom stereocenters. The summed E-state index contributed by atoms with van der Waals surface area (Å²) in [6.45, 7) is 11.8. The Morgan fingerprint density at radius 3 is 2.33 bits per heavy atom. The van der Waals surface area contributed by atoms with Crippen LogP contribution in [0.4, 0.5) is 0 Å². The molecule has 0 saturated heterocycles. The quantitative estimate of drug-likeness (QED) is 0.527. The van der Waals surface area contributed by atoms with Crippen molar-refractivity contribution in [2.75, 3.05) is 0 Å². The van der Waals surface area contributed by atoms with Gasteiger partial charge in [0.05, 0.1) is 0 Å². The van der Waals surface area contributed by atoms with Crippen LogP contribution in [-0.4, -0.2) is 5.78 Å². The van der Waals surface area contributed by atoms with Crippen molar-refractivity contribution in [2.24, 2.45) is 0 Å². The summed E-state index contributed by atoms with van der Waals surface area (Å²) in [5, 5.41) is 0. The van der Waals surface area contributed by atoms with E-state index in [1.165, 1.54) is 5.56 Å². The predicted octanol–water partition coefficient (Wildman–Crippen LogP) is 3.74. The van der Waals surface area contributed by atoms with Crippen LogP contribution in [-0.2, 0) is 5.41 Å². The lowest BCUT2D eigenvalue weighted by Gasteiger charge is -2.19. The standard InChI is InChI=1S/C14H18O/c1-10(2)13(15)11-7-6-8-12(9-11)14(3,4)5/h6-9H,1H2,2-5H3. The van der Waals surface area contributed by atoms with Crippen LogP contribution in [0.1, 0.15) is 43.6 Å². The first-order chi connectivity index (χ1) is 6.82. The van der Waals surface area contributed by atoms with E-state index < -0.39 is 0 Å². The van der Waals surface area contributed by atoms with Gasteiger partial charge in [0.2, 0.25) is 0 Å². The Bertz CT molecular complexity index is 394. The maximum atomic E-state index is 11.7. The molecule has 0 N–H and O–H groups in total. The highest BCUT2D eigenvalue weighted by Crippen LogP contribution is 2.23. The maximum Gasteiger partial charge on any atom is 0.188 e. The number of carbonyl (C=O) groups is 1. The van der Waals surface area contributed by atoms with Gasteiger partial charge >= 0.3 is 0 Å². The molecule has 0 aliphatic rings. The van der Waals surface area contributed by atoms with Crippen molar-refractivity contribution in [2.45, 2.75) is 33.1 Å². The van der Waals surface area contributed by atoms with Gasteiger partial charge in [-0.05, 0) is 29.5 Å². The number of Topliss-reactive ketones (excluding diaryl/α,β-unsaturated/α-hetero) is 1. The van der Waals surface area contributed by atoms with Crippen molar-refractivity contribution in [3.63, 3.8) is 0 Å². The van der Waals surface area contributed by atoms with Gasteiger partial charge in [-0.1, -0.05) is 45.5 Å². The fourth-order valence-electron chi connectivity index (χ4n) is 1.37. The number of benzene rings is 1. The van der Waals surface area contributed by atoms with Crippen LogP contribution in [0.3, 0.4) is 0 Å². The molecule has 0 heterocycles. The lowest BCUT2D eigenvalue weighted by molar-refractivity contribution is 0.103. The van der Waals surface area contributed by atoms with Crippen molar-refractivity contribution < 1.29 is 4.79 Å². The van der Waals surface area contributed by atoms with Crippen LogP contribution in [0, 0.1) is 0 Å². The van der Waals surface area contributed by atoms with Gasteiger partial charge in [0.25, 0.3) is 0 Å². The molecule has 0 amide bonds. The highest BCUT2D eigenvalue weighted by atomic mass is 16.1.